The third-order valence-electron chi connectivity index (χ3n) is 4.96. The van der Waals surface area contributed by atoms with Crippen molar-refractivity contribution < 1.29 is 23.9 Å². The fraction of sp³-hybridized carbons (Fsp3) is 0.154. The quantitative estimate of drug-likeness (QED) is 0.390. The first-order valence-electron chi connectivity index (χ1n) is 10.4. The zero-order valence-electron chi connectivity index (χ0n) is 18.1. The van der Waals surface area contributed by atoms with Gasteiger partial charge in [0.2, 0.25) is 5.91 Å². The number of methoxy groups -OCH3 is 1. The van der Waals surface area contributed by atoms with E-state index in [1.165, 1.54) is 7.11 Å². The largest absolute Gasteiger partial charge is 0.467 e. The van der Waals surface area contributed by atoms with Crippen LogP contribution in [-0.2, 0) is 20.7 Å². The molecule has 0 saturated heterocycles. The summed E-state index contributed by atoms with van der Waals surface area (Å²) in [4.78, 5) is 49.2. The molecule has 2 amide bonds. The van der Waals surface area contributed by atoms with Crippen LogP contribution in [0.15, 0.2) is 84.9 Å². The molecule has 0 unspecified atom stereocenters. The van der Waals surface area contributed by atoms with Gasteiger partial charge in [0, 0.05) is 23.1 Å². The summed E-state index contributed by atoms with van der Waals surface area (Å²) in [7, 11) is 1.24. The van der Waals surface area contributed by atoms with Crippen molar-refractivity contribution in [1.29, 1.82) is 0 Å². The van der Waals surface area contributed by atoms with Gasteiger partial charge in [0.25, 0.3) is 5.91 Å². The van der Waals surface area contributed by atoms with Crippen molar-refractivity contribution >= 4 is 23.6 Å². The van der Waals surface area contributed by atoms with Crippen molar-refractivity contribution in [2.24, 2.45) is 0 Å². The van der Waals surface area contributed by atoms with Gasteiger partial charge in [0.05, 0.1) is 13.7 Å². The van der Waals surface area contributed by atoms with Crippen molar-refractivity contribution in [2.45, 2.75) is 12.5 Å². The van der Waals surface area contributed by atoms with Crippen molar-refractivity contribution in [3.05, 3.63) is 107 Å². The van der Waals surface area contributed by atoms with Gasteiger partial charge < -0.3 is 15.4 Å². The number of benzene rings is 3. The van der Waals surface area contributed by atoms with Crippen LogP contribution < -0.4 is 10.6 Å². The van der Waals surface area contributed by atoms with E-state index in [1.54, 1.807) is 78.9 Å². The van der Waals surface area contributed by atoms with Crippen LogP contribution in [0.2, 0.25) is 0 Å². The van der Waals surface area contributed by atoms with E-state index < -0.39 is 17.9 Å². The number of ketones is 1. The van der Waals surface area contributed by atoms with Crippen LogP contribution in [0.25, 0.3) is 0 Å². The van der Waals surface area contributed by atoms with Gasteiger partial charge in [-0.05, 0) is 17.7 Å². The minimum atomic E-state index is -0.938. The molecule has 0 saturated carbocycles. The molecule has 0 spiro atoms. The van der Waals surface area contributed by atoms with Crippen LogP contribution in [0, 0.1) is 0 Å². The van der Waals surface area contributed by atoms with Crippen molar-refractivity contribution in [3.63, 3.8) is 0 Å². The van der Waals surface area contributed by atoms with E-state index in [4.69, 9.17) is 4.74 Å². The third-order valence-corrected chi connectivity index (χ3v) is 4.96. The highest BCUT2D eigenvalue weighted by atomic mass is 16.5. The number of amides is 2. The number of hydrogen-bond donors (Lipinski definition) is 2. The Morgan fingerprint density at radius 2 is 1.30 bits per heavy atom. The molecular formula is C26H24N2O5. The van der Waals surface area contributed by atoms with Gasteiger partial charge in [0.1, 0.15) is 6.04 Å². The fourth-order valence-corrected chi connectivity index (χ4v) is 3.22. The lowest BCUT2D eigenvalue weighted by atomic mass is 9.99. The number of carbonyl (C=O) groups is 4. The van der Waals surface area contributed by atoms with E-state index in [2.05, 4.69) is 10.6 Å². The molecule has 0 fully saturated rings. The summed E-state index contributed by atoms with van der Waals surface area (Å²) in [5.74, 6) is -1.62. The molecule has 3 aromatic rings. The molecule has 0 bridgehead atoms. The van der Waals surface area contributed by atoms with Crippen LogP contribution in [0.5, 0.6) is 0 Å². The maximum Gasteiger partial charge on any atom is 0.328 e. The van der Waals surface area contributed by atoms with E-state index in [9.17, 15) is 19.2 Å². The summed E-state index contributed by atoms with van der Waals surface area (Å²) < 4.78 is 4.81. The van der Waals surface area contributed by atoms with Gasteiger partial charge in [-0.3, -0.25) is 14.4 Å². The predicted molar refractivity (Wildman–Crippen MR) is 123 cm³/mol. The van der Waals surface area contributed by atoms with Gasteiger partial charge in [-0.25, -0.2) is 4.79 Å². The number of esters is 1. The van der Waals surface area contributed by atoms with E-state index in [0.29, 0.717) is 16.7 Å². The highest BCUT2D eigenvalue weighted by Gasteiger charge is 2.22. The molecule has 0 heterocycles. The Balaban J connectivity index is 1.60. The number of hydrogen-bond acceptors (Lipinski definition) is 5. The average molecular weight is 444 g/mol. The van der Waals surface area contributed by atoms with Crippen molar-refractivity contribution in [2.75, 3.05) is 13.7 Å². The second-order valence-corrected chi connectivity index (χ2v) is 7.29. The van der Waals surface area contributed by atoms with Crippen molar-refractivity contribution in [3.8, 4) is 0 Å². The normalized spacial score (nSPS) is 11.2. The van der Waals surface area contributed by atoms with Gasteiger partial charge in [-0.1, -0.05) is 72.8 Å². The number of carbonyl (C=O) groups excluding carboxylic acids is 4. The highest BCUT2D eigenvalue weighted by Crippen LogP contribution is 2.13. The first kappa shape index (κ1) is 23.4. The first-order valence-corrected chi connectivity index (χ1v) is 10.4. The molecule has 1 atom stereocenters. The van der Waals surface area contributed by atoms with Crippen molar-refractivity contribution in [1.82, 2.24) is 10.6 Å². The molecule has 3 rings (SSSR count). The third kappa shape index (κ3) is 6.61. The van der Waals surface area contributed by atoms with Gasteiger partial charge in [0.15, 0.2) is 5.78 Å². The van der Waals surface area contributed by atoms with Gasteiger partial charge in [-0.2, -0.15) is 0 Å². The van der Waals surface area contributed by atoms with Gasteiger partial charge in [-0.15, -0.1) is 0 Å². The Bertz CT molecular complexity index is 1110. The maximum atomic E-state index is 12.5. The maximum absolute atomic E-state index is 12.5. The topological polar surface area (TPSA) is 102 Å². The second kappa shape index (κ2) is 11.4. The standard InChI is InChI=1S/C26H24N2O5/c1-33-26(32)22(28-23(29)17-27-25(31)21-10-6-3-7-11-21)16-18-12-14-20(15-13-18)24(30)19-8-4-2-5-9-19/h2-15,22H,16-17H2,1H3,(H,27,31)(H,28,29)/t22-/m1/s1. The Hall–Kier alpha value is -4.26. The zero-order valence-corrected chi connectivity index (χ0v) is 18.1. The number of rotatable bonds is 9. The Labute approximate surface area is 191 Å². The SMILES string of the molecule is COC(=O)[C@@H](Cc1ccc(C(=O)c2ccccc2)cc1)NC(=O)CNC(=O)c1ccccc1. The van der Waals surface area contributed by atoms with E-state index in [-0.39, 0.29) is 24.7 Å². The molecule has 2 N–H and O–H groups in total. The molecular weight excluding hydrogens is 420 g/mol. The fourth-order valence-electron chi connectivity index (χ4n) is 3.22. The lowest BCUT2D eigenvalue weighted by Crippen LogP contribution is -2.47. The highest BCUT2D eigenvalue weighted by molar-refractivity contribution is 6.09. The molecule has 168 valence electrons. The Morgan fingerprint density at radius 3 is 1.88 bits per heavy atom. The van der Waals surface area contributed by atoms with Crippen LogP contribution in [0.4, 0.5) is 0 Å². The van der Waals surface area contributed by atoms with E-state index >= 15 is 0 Å². The lowest BCUT2D eigenvalue weighted by Gasteiger charge is -2.17. The smallest absolute Gasteiger partial charge is 0.328 e. The van der Waals surface area contributed by atoms with Crippen LogP contribution in [-0.4, -0.2) is 43.3 Å². The summed E-state index contributed by atoms with van der Waals surface area (Å²) >= 11 is 0. The van der Waals surface area contributed by atoms with E-state index in [0.717, 1.165) is 5.56 Å². The molecule has 7 heteroatoms. The monoisotopic (exact) mass is 444 g/mol. The first-order chi connectivity index (χ1) is 16.0. The Morgan fingerprint density at radius 1 is 0.758 bits per heavy atom. The molecule has 3 aromatic carbocycles. The zero-order chi connectivity index (χ0) is 23.6. The summed E-state index contributed by atoms with van der Waals surface area (Å²) in [5, 5.41) is 5.11. The summed E-state index contributed by atoms with van der Waals surface area (Å²) in [5.41, 5.74) is 2.28. The summed E-state index contributed by atoms with van der Waals surface area (Å²) in [6.07, 6.45) is 0.171. The van der Waals surface area contributed by atoms with Gasteiger partial charge >= 0.3 is 5.97 Å². The molecule has 0 aliphatic heterocycles. The average Bonchev–Trinajstić information content (AvgIpc) is 2.87. The second-order valence-electron chi connectivity index (χ2n) is 7.29. The molecule has 0 aliphatic carbocycles. The molecule has 0 aromatic heterocycles. The summed E-state index contributed by atoms with van der Waals surface area (Å²) in [6.45, 7) is -0.286. The number of ether oxygens (including phenoxy) is 1. The molecule has 0 radical (unpaired) electrons. The molecule has 7 nitrogen and oxygen atoms in total. The molecule has 0 aliphatic rings. The minimum Gasteiger partial charge on any atom is -0.467 e. The number of nitrogens with one attached hydrogen (secondary N) is 2. The minimum absolute atomic E-state index is 0.103. The predicted octanol–water partition coefficient (Wildman–Crippen LogP) is 2.55. The molecule has 33 heavy (non-hydrogen) atoms. The van der Waals surface area contributed by atoms with Crippen LogP contribution in [0.1, 0.15) is 31.8 Å². The van der Waals surface area contributed by atoms with E-state index in [1.807, 2.05) is 6.07 Å². The lowest BCUT2D eigenvalue weighted by molar-refractivity contribution is -0.144. The Kier molecular flexibility index (Phi) is 8.07. The summed E-state index contributed by atoms with van der Waals surface area (Å²) in [6, 6.07) is 23.3. The van der Waals surface area contributed by atoms with Crippen LogP contribution in [0.3, 0.4) is 0 Å². The van der Waals surface area contributed by atoms with Crippen LogP contribution >= 0.6 is 0 Å².